The Kier molecular flexibility index (Phi) is 7.41. The van der Waals surface area contributed by atoms with Gasteiger partial charge in [-0.2, -0.15) is 5.11 Å². The molecule has 0 aliphatic heterocycles. The van der Waals surface area contributed by atoms with Crippen LogP contribution < -0.4 is 0 Å². The van der Waals surface area contributed by atoms with E-state index in [1.165, 1.54) is 16.7 Å². The Morgan fingerprint density at radius 2 is 1.37 bits per heavy atom. The summed E-state index contributed by atoms with van der Waals surface area (Å²) in [5, 5.41) is 9.17. The predicted octanol–water partition coefficient (Wildman–Crippen LogP) is 9.07. The van der Waals surface area contributed by atoms with Crippen LogP contribution in [0, 0.1) is 17.8 Å². The van der Waals surface area contributed by atoms with E-state index in [-0.39, 0.29) is 10.8 Å². The van der Waals surface area contributed by atoms with E-state index in [9.17, 15) is 0 Å². The summed E-state index contributed by atoms with van der Waals surface area (Å²) in [7, 11) is 0. The lowest BCUT2D eigenvalue weighted by Gasteiger charge is -2.22. The van der Waals surface area contributed by atoms with Gasteiger partial charge >= 0.3 is 0 Å². The fourth-order valence-electron chi connectivity index (χ4n) is 2.46. The molecule has 0 N–H and O–H groups in total. The molecule has 1 heterocycles. The fraction of sp³-hybridized carbons (Fsp3) is 0.407. The van der Waals surface area contributed by atoms with Crippen molar-refractivity contribution in [2.75, 3.05) is 0 Å². The van der Waals surface area contributed by atoms with Gasteiger partial charge in [-0.3, -0.25) is 0 Å². The minimum Gasteiger partial charge on any atom is -0.463 e. The van der Waals surface area contributed by atoms with Gasteiger partial charge in [0.2, 0.25) is 0 Å². The maximum Gasteiger partial charge on any atom is 0.154 e. The van der Waals surface area contributed by atoms with Crippen molar-refractivity contribution >= 4 is 11.4 Å². The van der Waals surface area contributed by atoms with E-state index in [4.69, 9.17) is 4.42 Å². The molecular weight excluding hydrogens is 368 g/mol. The molecule has 3 heteroatoms. The van der Waals surface area contributed by atoms with E-state index in [1.807, 2.05) is 36.4 Å². The quantitative estimate of drug-likeness (QED) is 0.362. The number of benzene rings is 1. The summed E-state index contributed by atoms with van der Waals surface area (Å²) in [6.45, 7) is 19.7. The molecule has 0 amide bonds. The first-order valence-electron chi connectivity index (χ1n) is 10.5. The summed E-state index contributed by atoms with van der Waals surface area (Å²) in [5.74, 6) is 0.705. The van der Waals surface area contributed by atoms with E-state index in [2.05, 4.69) is 84.7 Å². The molecule has 3 nitrogen and oxygen atoms in total. The van der Waals surface area contributed by atoms with Crippen LogP contribution in [0.25, 0.3) is 5.70 Å². The molecule has 0 radical (unpaired) electrons. The average Bonchev–Trinajstić information content (AvgIpc) is 3.16. The van der Waals surface area contributed by atoms with Gasteiger partial charge in [0.1, 0.15) is 5.70 Å². The zero-order chi connectivity index (χ0) is 22.5. The molecule has 0 fully saturated rings. The second-order valence-electron chi connectivity index (χ2n) is 9.97. The van der Waals surface area contributed by atoms with Gasteiger partial charge in [0.25, 0.3) is 0 Å². The average molecular weight is 405 g/mol. The molecule has 2 rings (SSSR count). The zero-order valence-electron chi connectivity index (χ0n) is 20.0. The van der Waals surface area contributed by atoms with E-state index < -0.39 is 0 Å². The number of nitrogens with zero attached hydrogens (tertiary/aromatic N) is 2. The molecule has 160 valence electrons. The maximum atomic E-state index is 5.75. The number of allylic oxidation sites excluding steroid dienone is 5. The van der Waals surface area contributed by atoms with Crippen molar-refractivity contribution in [1.82, 2.24) is 0 Å². The summed E-state index contributed by atoms with van der Waals surface area (Å²) in [6, 6.07) is 11.9. The largest absolute Gasteiger partial charge is 0.463 e. The van der Waals surface area contributed by atoms with Gasteiger partial charge in [-0.1, -0.05) is 82.5 Å². The molecular formula is C27H36N2O. The standard InChI is InChI=1S/C27H36N2O/c1-19-12-14-23(15-13-19)28-29-25(24-11-10-16-30-24)22(17-20(2)26(4,5)6)18-21(3)27(7,8)9/h10-18H,1-9H3/b20-17+,21-18+,29-28?. The van der Waals surface area contributed by atoms with Crippen LogP contribution in [0.15, 0.2) is 86.2 Å². The van der Waals surface area contributed by atoms with Crippen LogP contribution in [0.3, 0.4) is 0 Å². The molecule has 0 saturated heterocycles. The van der Waals surface area contributed by atoms with Crippen molar-refractivity contribution in [2.45, 2.75) is 62.3 Å². The Balaban J connectivity index is 2.72. The van der Waals surface area contributed by atoms with Crippen LogP contribution in [-0.4, -0.2) is 0 Å². The lowest BCUT2D eigenvalue weighted by molar-refractivity contribution is 0.501. The van der Waals surface area contributed by atoms with Gasteiger partial charge in [-0.25, -0.2) is 0 Å². The topological polar surface area (TPSA) is 37.9 Å². The first-order chi connectivity index (χ1) is 13.9. The van der Waals surface area contributed by atoms with Crippen LogP contribution in [0.1, 0.15) is 66.7 Å². The van der Waals surface area contributed by atoms with Gasteiger partial charge in [-0.05, 0) is 55.9 Å². The third-order valence-electron chi connectivity index (χ3n) is 5.44. The number of azo groups is 1. The van der Waals surface area contributed by atoms with Crippen LogP contribution >= 0.6 is 0 Å². The number of hydrogen-bond acceptors (Lipinski definition) is 3. The monoisotopic (exact) mass is 404 g/mol. The molecule has 0 aliphatic rings. The van der Waals surface area contributed by atoms with Crippen molar-refractivity contribution in [3.63, 3.8) is 0 Å². The fourth-order valence-corrected chi connectivity index (χ4v) is 2.46. The van der Waals surface area contributed by atoms with Gasteiger partial charge in [0, 0.05) is 5.57 Å². The summed E-state index contributed by atoms with van der Waals surface area (Å²) in [4.78, 5) is 0. The van der Waals surface area contributed by atoms with Crippen LogP contribution in [0.4, 0.5) is 5.69 Å². The van der Waals surface area contributed by atoms with Crippen molar-refractivity contribution in [3.8, 4) is 0 Å². The molecule has 0 atom stereocenters. The molecule has 0 unspecified atom stereocenters. The first-order valence-corrected chi connectivity index (χ1v) is 10.5. The number of aryl methyl sites for hydroxylation is 1. The highest BCUT2D eigenvalue weighted by molar-refractivity contribution is 5.70. The second-order valence-corrected chi connectivity index (χ2v) is 9.97. The summed E-state index contributed by atoms with van der Waals surface area (Å²) in [6.07, 6.45) is 6.09. The maximum absolute atomic E-state index is 5.75. The number of hydrogen-bond donors (Lipinski definition) is 0. The predicted molar refractivity (Wildman–Crippen MR) is 128 cm³/mol. The van der Waals surface area contributed by atoms with Gasteiger partial charge in [0.15, 0.2) is 5.76 Å². The normalized spacial score (nSPS) is 13.8. The molecule has 1 aromatic carbocycles. The third kappa shape index (κ3) is 6.69. The highest BCUT2D eigenvalue weighted by Gasteiger charge is 2.18. The number of furan rings is 1. The molecule has 0 spiro atoms. The Bertz CT molecular complexity index is 923. The van der Waals surface area contributed by atoms with Crippen molar-refractivity contribution in [1.29, 1.82) is 0 Å². The van der Waals surface area contributed by atoms with E-state index in [0.717, 1.165) is 17.0 Å². The molecule has 0 bridgehead atoms. The number of rotatable bonds is 5. The van der Waals surface area contributed by atoms with Crippen LogP contribution in [-0.2, 0) is 0 Å². The third-order valence-corrected chi connectivity index (χ3v) is 5.44. The van der Waals surface area contributed by atoms with Crippen LogP contribution in [0.2, 0.25) is 0 Å². The van der Waals surface area contributed by atoms with Gasteiger partial charge in [0.05, 0.1) is 12.0 Å². The molecule has 0 aliphatic carbocycles. The summed E-state index contributed by atoms with van der Waals surface area (Å²) >= 11 is 0. The van der Waals surface area contributed by atoms with Gasteiger partial charge in [-0.15, -0.1) is 5.11 Å². The minimum atomic E-state index is 0.0527. The Labute approximate surface area is 182 Å². The van der Waals surface area contributed by atoms with E-state index in [0.29, 0.717) is 5.76 Å². The Morgan fingerprint density at radius 1 is 0.833 bits per heavy atom. The summed E-state index contributed by atoms with van der Waals surface area (Å²) < 4.78 is 5.75. The van der Waals surface area contributed by atoms with Crippen molar-refractivity contribution in [3.05, 3.63) is 82.9 Å². The van der Waals surface area contributed by atoms with Crippen molar-refractivity contribution < 1.29 is 4.42 Å². The SMILES string of the molecule is C/C(=C\C(/C=C(\C)C(C)(C)C)=C(N=Nc1ccc(C)cc1)c1ccco1)C(C)(C)C. The highest BCUT2D eigenvalue weighted by Crippen LogP contribution is 2.33. The zero-order valence-corrected chi connectivity index (χ0v) is 20.0. The second kappa shape index (κ2) is 9.42. The smallest absolute Gasteiger partial charge is 0.154 e. The van der Waals surface area contributed by atoms with Crippen molar-refractivity contribution in [2.24, 2.45) is 21.1 Å². The molecule has 0 saturated carbocycles. The molecule has 30 heavy (non-hydrogen) atoms. The lowest BCUT2D eigenvalue weighted by atomic mass is 9.84. The molecule has 1 aromatic heterocycles. The van der Waals surface area contributed by atoms with E-state index in [1.54, 1.807) is 6.26 Å². The van der Waals surface area contributed by atoms with Crippen LogP contribution in [0.5, 0.6) is 0 Å². The molecule has 2 aromatic rings. The van der Waals surface area contributed by atoms with E-state index >= 15 is 0 Å². The Hall–Kier alpha value is -2.68. The summed E-state index contributed by atoms with van der Waals surface area (Å²) in [5.41, 5.74) is 6.39. The highest BCUT2D eigenvalue weighted by atomic mass is 16.3. The minimum absolute atomic E-state index is 0.0527. The lowest BCUT2D eigenvalue weighted by Crippen LogP contribution is -2.08. The Morgan fingerprint density at radius 3 is 1.80 bits per heavy atom. The van der Waals surface area contributed by atoms with Gasteiger partial charge < -0.3 is 4.42 Å². The first kappa shape index (κ1) is 23.6.